The first-order valence-corrected chi connectivity index (χ1v) is 5.22. The summed E-state index contributed by atoms with van der Waals surface area (Å²) in [6.07, 6.45) is 1.02. The monoisotopic (exact) mass is 220 g/mol. The van der Waals surface area contributed by atoms with E-state index < -0.39 is 5.82 Å². The Hall–Kier alpha value is -1.60. The van der Waals surface area contributed by atoms with Crippen molar-refractivity contribution in [2.75, 3.05) is 25.2 Å². The highest BCUT2D eigenvalue weighted by Crippen LogP contribution is 2.30. The molecule has 0 N–H and O–H groups in total. The quantitative estimate of drug-likeness (QED) is 0.780. The van der Waals surface area contributed by atoms with Crippen molar-refractivity contribution in [3.63, 3.8) is 0 Å². The third-order valence-corrected chi connectivity index (χ3v) is 2.92. The van der Waals surface area contributed by atoms with Crippen LogP contribution in [-0.4, -0.2) is 26.3 Å². The molecule has 16 heavy (non-hydrogen) atoms. The summed E-state index contributed by atoms with van der Waals surface area (Å²) in [6.45, 7) is 1.47. The van der Waals surface area contributed by atoms with Crippen molar-refractivity contribution in [1.82, 2.24) is 0 Å². The number of benzene rings is 1. The molecule has 0 aromatic heterocycles. The van der Waals surface area contributed by atoms with Gasteiger partial charge in [0.15, 0.2) is 0 Å². The Morgan fingerprint density at radius 1 is 1.62 bits per heavy atom. The average Bonchev–Trinajstić information content (AvgIpc) is 2.25. The summed E-state index contributed by atoms with van der Waals surface area (Å²) in [7, 11) is 1.65. The molecule has 84 valence electrons. The molecule has 2 rings (SSSR count). The van der Waals surface area contributed by atoms with Crippen LogP contribution in [0.5, 0.6) is 0 Å². The van der Waals surface area contributed by atoms with Crippen LogP contribution in [0.2, 0.25) is 0 Å². The molecule has 0 saturated carbocycles. The van der Waals surface area contributed by atoms with Crippen molar-refractivity contribution >= 4 is 5.69 Å². The molecule has 1 atom stereocenters. The van der Waals surface area contributed by atoms with Crippen LogP contribution in [0.3, 0.4) is 0 Å². The van der Waals surface area contributed by atoms with E-state index in [-0.39, 0.29) is 11.6 Å². The van der Waals surface area contributed by atoms with Gasteiger partial charge in [0.05, 0.1) is 18.3 Å². The van der Waals surface area contributed by atoms with Gasteiger partial charge in [-0.25, -0.2) is 4.39 Å². The van der Waals surface area contributed by atoms with Gasteiger partial charge in [0.25, 0.3) is 0 Å². The summed E-state index contributed by atoms with van der Waals surface area (Å²) in [4.78, 5) is 2.02. The summed E-state index contributed by atoms with van der Waals surface area (Å²) < 4.78 is 18.5. The Morgan fingerprint density at radius 2 is 2.44 bits per heavy atom. The molecule has 1 aliphatic rings. The molecule has 3 nitrogen and oxygen atoms in total. The molecular formula is C12H13FN2O. The number of hydrogen-bond acceptors (Lipinski definition) is 3. The minimum atomic E-state index is -0.455. The predicted octanol–water partition coefficient (Wildman–Crippen LogP) is 1.92. The maximum atomic E-state index is 13.4. The van der Waals surface area contributed by atoms with E-state index in [0.717, 1.165) is 13.0 Å². The molecule has 0 amide bonds. The van der Waals surface area contributed by atoms with Gasteiger partial charge in [0.2, 0.25) is 0 Å². The number of ether oxygens (including phenoxy) is 1. The number of halogens is 1. The highest BCUT2D eigenvalue weighted by atomic mass is 19.1. The van der Waals surface area contributed by atoms with Gasteiger partial charge >= 0.3 is 0 Å². The number of nitrogens with zero attached hydrogens (tertiary/aromatic N) is 2. The highest BCUT2D eigenvalue weighted by molar-refractivity contribution is 5.61. The second-order valence-corrected chi connectivity index (χ2v) is 3.84. The fraction of sp³-hybridized carbons (Fsp3) is 0.417. The normalized spacial score (nSPS) is 19.1. The second-order valence-electron chi connectivity index (χ2n) is 3.84. The van der Waals surface area contributed by atoms with Crippen LogP contribution in [0.4, 0.5) is 10.1 Å². The maximum Gasteiger partial charge on any atom is 0.143 e. The van der Waals surface area contributed by atoms with Gasteiger partial charge in [-0.15, -0.1) is 0 Å². The molecule has 4 heteroatoms. The van der Waals surface area contributed by atoms with Gasteiger partial charge in [-0.05, 0) is 18.6 Å². The van der Waals surface area contributed by atoms with E-state index in [2.05, 4.69) is 0 Å². The van der Waals surface area contributed by atoms with Crippen LogP contribution in [0.15, 0.2) is 18.2 Å². The minimum absolute atomic E-state index is 0.128. The van der Waals surface area contributed by atoms with Gasteiger partial charge in [-0.2, -0.15) is 5.26 Å². The van der Waals surface area contributed by atoms with Crippen LogP contribution in [0.25, 0.3) is 0 Å². The Balaban J connectivity index is 2.28. The third-order valence-electron chi connectivity index (χ3n) is 2.92. The zero-order valence-electron chi connectivity index (χ0n) is 9.11. The van der Waals surface area contributed by atoms with Gasteiger partial charge in [0.1, 0.15) is 17.4 Å². The van der Waals surface area contributed by atoms with Crippen LogP contribution in [-0.2, 0) is 4.74 Å². The van der Waals surface area contributed by atoms with E-state index in [1.807, 2.05) is 11.0 Å². The van der Waals surface area contributed by atoms with E-state index >= 15 is 0 Å². The fourth-order valence-corrected chi connectivity index (χ4v) is 1.99. The van der Waals surface area contributed by atoms with Crippen molar-refractivity contribution in [1.29, 1.82) is 5.26 Å². The lowest BCUT2D eigenvalue weighted by molar-refractivity contribution is 0.157. The number of rotatable bonds is 3. The minimum Gasteiger partial charge on any atom is -0.383 e. The lowest BCUT2D eigenvalue weighted by Crippen LogP contribution is -2.50. The molecule has 1 unspecified atom stereocenters. The average molecular weight is 220 g/mol. The molecule has 1 fully saturated rings. The number of nitriles is 1. The molecular weight excluding hydrogens is 207 g/mol. The molecule has 1 aliphatic heterocycles. The van der Waals surface area contributed by atoms with E-state index in [1.165, 1.54) is 6.07 Å². The van der Waals surface area contributed by atoms with E-state index in [4.69, 9.17) is 10.00 Å². The van der Waals surface area contributed by atoms with Crippen LogP contribution in [0.1, 0.15) is 12.0 Å². The van der Waals surface area contributed by atoms with Gasteiger partial charge < -0.3 is 9.64 Å². The zero-order chi connectivity index (χ0) is 11.5. The summed E-state index contributed by atoms with van der Waals surface area (Å²) in [5.74, 6) is -0.455. The van der Waals surface area contributed by atoms with E-state index in [0.29, 0.717) is 12.3 Å². The lowest BCUT2D eigenvalue weighted by Gasteiger charge is -2.42. The Kier molecular flexibility index (Phi) is 3.07. The van der Waals surface area contributed by atoms with Gasteiger partial charge in [0, 0.05) is 13.7 Å². The van der Waals surface area contributed by atoms with Crippen molar-refractivity contribution in [3.05, 3.63) is 29.6 Å². The van der Waals surface area contributed by atoms with E-state index in [9.17, 15) is 4.39 Å². The van der Waals surface area contributed by atoms with Crippen molar-refractivity contribution in [2.24, 2.45) is 0 Å². The molecule has 1 aromatic rings. The second kappa shape index (κ2) is 4.50. The number of methoxy groups -OCH3 is 1. The smallest absolute Gasteiger partial charge is 0.143 e. The third kappa shape index (κ3) is 1.74. The first kappa shape index (κ1) is 10.9. The molecule has 0 spiro atoms. The Morgan fingerprint density at radius 3 is 3.00 bits per heavy atom. The Bertz CT molecular complexity index is 428. The zero-order valence-corrected chi connectivity index (χ0v) is 9.11. The molecule has 0 aliphatic carbocycles. The summed E-state index contributed by atoms with van der Waals surface area (Å²) in [5, 5.41) is 8.94. The first-order chi connectivity index (χ1) is 7.77. The topological polar surface area (TPSA) is 36.3 Å². The Labute approximate surface area is 94.0 Å². The van der Waals surface area contributed by atoms with E-state index in [1.54, 1.807) is 19.2 Å². The molecule has 1 saturated heterocycles. The van der Waals surface area contributed by atoms with Crippen LogP contribution in [0, 0.1) is 17.1 Å². The van der Waals surface area contributed by atoms with Crippen molar-refractivity contribution < 1.29 is 9.13 Å². The number of hydrogen-bond donors (Lipinski definition) is 0. The SMILES string of the molecule is COCC1CCN1c1cccc(F)c1C#N. The van der Waals surface area contributed by atoms with Crippen molar-refractivity contribution in [3.8, 4) is 6.07 Å². The van der Waals surface area contributed by atoms with Gasteiger partial charge in [-0.1, -0.05) is 6.07 Å². The fourth-order valence-electron chi connectivity index (χ4n) is 1.99. The largest absolute Gasteiger partial charge is 0.383 e. The summed E-state index contributed by atoms with van der Waals surface area (Å²) in [6, 6.07) is 6.91. The molecule has 1 heterocycles. The van der Waals surface area contributed by atoms with Crippen LogP contribution < -0.4 is 4.90 Å². The maximum absolute atomic E-state index is 13.4. The lowest BCUT2D eigenvalue weighted by atomic mass is 10.0. The molecule has 0 radical (unpaired) electrons. The molecule has 1 aromatic carbocycles. The first-order valence-electron chi connectivity index (χ1n) is 5.22. The van der Waals surface area contributed by atoms with Crippen molar-refractivity contribution in [2.45, 2.75) is 12.5 Å². The summed E-state index contributed by atoms with van der Waals surface area (Å²) >= 11 is 0. The summed E-state index contributed by atoms with van der Waals surface area (Å²) in [5.41, 5.74) is 0.805. The standard InChI is InChI=1S/C12H13FN2O/c1-16-8-9-5-6-15(9)12-4-2-3-11(13)10(12)7-14/h2-4,9H,5-6,8H2,1H3. The number of anilines is 1. The van der Waals surface area contributed by atoms with Crippen LogP contribution >= 0.6 is 0 Å². The van der Waals surface area contributed by atoms with Gasteiger partial charge in [-0.3, -0.25) is 0 Å². The molecule has 0 bridgehead atoms. The predicted molar refractivity (Wildman–Crippen MR) is 58.7 cm³/mol. The highest BCUT2D eigenvalue weighted by Gasteiger charge is 2.30.